The first-order valence-electron chi connectivity index (χ1n) is 5.63. The van der Waals surface area contributed by atoms with Crippen molar-refractivity contribution in [2.24, 2.45) is 0 Å². The average molecular weight is 295 g/mol. The van der Waals surface area contributed by atoms with E-state index >= 15 is 0 Å². The fourth-order valence-electron chi connectivity index (χ4n) is 1.55. The first kappa shape index (κ1) is 14.5. The third-order valence-electron chi connectivity index (χ3n) is 2.58. The molecule has 5 nitrogen and oxygen atoms in total. The summed E-state index contributed by atoms with van der Waals surface area (Å²) in [7, 11) is -5.46. The Kier molecular flexibility index (Phi) is 4.08. The van der Waals surface area contributed by atoms with Crippen molar-refractivity contribution in [3.8, 4) is 0 Å². The van der Waals surface area contributed by atoms with Gasteiger partial charge in [0.15, 0.2) is 0 Å². The van der Waals surface area contributed by atoms with Crippen LogP contribution >= 0.6 is 0 Å². The van der Waals surface area contributed by atoms with Crippen LogP contribution in [0.15, 0.2) is 53.4 Å². The average Bonchev–Trinajstić information content (AvgIpc) is 2.41. The van der Waals surface area contributed by atoms with Gasteiger partial charge in [0.1, 0.15) is 5.82 Å². The number of hydrogen-bond donors (Lipinski definition) is 3. The van der Waals surface area contributed by atoms with E-state index in [9.17, 15) is 12.8 Å². The molecule has 3 N–H and O–H groups in total. The summed E-state index contributed by atoms with van der Waals surface area (Å²) < 4.78 is 39.1. The molecule has 0 bridgehead atoms. The summed E-state index contributed by atoms with van der Waals surface area (Å²) >= 11 is 0. The minimum Gasteiger partial charge on any atom is -0.423 e. The summed E-state index contributed by atoms with van der Waals surface area (Å²) in [4.78, 5) is -0.0359. The van der Waals surface area contributed by atoms with Gasteiger partial charge in [0, 0.05) is 5.69 Å². The SMILES string of the molecule is O=S(=O)(Nc1ccc(F)cc1)c1ccc(B(O)O)cc1. The molecular formula is C12H11BFNO4S. The normalized spacial score (nSPS) is 11.2. The molecule has 0 saturated carbocycles. The zero-order chi connectivity index (χ0) is 14.8. The molecule has 0 amide bonds. The number of halogens is 1. The van der Waals surface area contributed by atoms with Gasteiger partial charge in [0.25, 0.3) is 10.0 Å². The first-order chi connectivity index (χ1) is 9.38. The van der Waals surface area contributed by atoms with E-state index < -0.39 is 23.0 Å². The number of rotatable bonds is 4. The standard InChI is InChI=1S/C12H11BFNO4S/c14-10-3-5-11(6-4-10)15-20(18,19)12-7-1-9(2-8-12)13(16)17/h1-8,15-17H. The summed E-state index contributed by atoms with van der Waals surface area (Å²) in [6, 6.07) is 9.98. The Balaban J connectivity index is 2.23. The van der Waals surface area contributed by atoms with Crippen LogP contribution in [0, 0.1) is 5.82 Å². The molecule has 0 aromatic heterocycles. The maximum absolute atomic E-state index is 12.7. The van der Waals surface area contributed by atoms with Gasteiger partial charge in [-0.1, -0.05) is 12.1 Å². The Morgan fingerprint density at radius 2 is 1.50 bits per heavy atom. The number of sulfonamides is 1. The van der Waals surface area contributed by atoms with Crippen LogP contribution in [0.3, 0.4) is 0 Å². The zero-order valence-corrected chi connectivity index (χ0v) is 11.0. The zero-order valence-electron chi connectivity index (χ0n) is 10.2. The van der Waals surface area contributed by atoms with E-state index in [-0.39, 0.29) is 16.0 Å². The minimum absolute atomic E-state index is 0.0359. The smallest absolute Gasteiger partial charge is 0.423 e. The summed E-state index contributed by atoms with van der Waals surface area (Å²) in [5.41, 5.74) is 0.420. The number of nitrogens with one attached hydrogen (secondary N) is 1. The number of hydrogen-bond acceptors (Lipinski definition) is 4. The Morgan fingerprint density at radius 3 is 2.00 bits per heavy atom. The molecule has 0 spiro atoms. The molecule has 0 fully saturated rings. The van der Waals surface area contributed by atoms with Crippen LogP contribution in [-0.2, 0) is 10.0 Å². The van der Waals surface area contributed by atoms with Crippen molar-refractivity contribution in [2.45, 2.75) is 4.90 Å². The Hall–Kier alpha value is -1.90. The molecule has 104 valence electrons. The van der Waals surface area contributed by atoms with Crippen molar-refractivity contribution in [3.05, 3.63) is 54.3 Å². The van der Waals surface area contributed by atoms with Gasteiger partial charge in [-0.3, -0.25) is 4.72 Å². The fraction of sp³-hybridized carbons (Fsp3) is 0. The lowest BCUT2D eigenvalue weighted by Gasteiger charge is -2.08. The lowest BCUT2D eigenvalue weighted by molar-refractivity contribution is 0.425. The van der Waals surface area contributed by atoms with Crippen LogP contribution in [0.1, 0.15) is 0 Å². The molecule has 0 aliphatic heterocycles. The second-order valence-electron chi connectivity index (χ2n) is 4.06. The third-order valence-corrected chi connectivity index (χ3v) is 3.98. The predicted molar refractivity (Wildman–Crippen MR) is 73.5 cm³/mol. The van der Waals surface area contributed by atoms with Gasteiger partial charge in [0.2, 0.25) is 0 Å². The van der Waals surface area contributed by atoms with Crippen molar-refractivity contribution in [1.29, 1.82) is 0 Å². The first-order valence-corrected chi connectivity index (χ1v) is 7.11. The number of anilines is 1. The summed E-state index contributed by atoms with van der Waals surface area (Å²) in [6.07, 6.45) is 0. The van der Waals surface area contributed by atoms with E-state index in [0.717, 1.165) is 12.1 Å². The van der Waals surface area contributed by atoms with Crippen molar-refractivity contribution >= 4 is 28.3 Å². The molecule has 0 aliphatic rings. The predicted octanol–water partition coefficient (Wildman–Crippen LogP) is 0.306. The third kappa shape index (κ3) is 3.35. The van der Waals surface area contributed by atoms with Crippen LogP contribution in [-0.4, -0.2) is 25.6 Å². The molecule has 0 atom stereocenters. The van der Waals surface area contributed by atoms with Gasteiger partial charge in [-0.25, -0.2) is 12.8 Å². The molecule has 2 aromatic rings. The van der Waals surface area contributed by atoms with Gasteiger partial charge in [0.05, 0.1) is 4.90 Å². The maximum Gasteiger partial charge on any atom is 0.488 e. The van der Waals surface area contributed by atoms with Crippen LogP contribution in [0.4, 0.5) is 10.1 Å². The van der Waals surface area contributed by atoms with Crippen LogP contribution < -0.4 is 10.2 Å². The molecule has 0 saturated heterocycles. The fourth-order valence-corrected chi connectivity index (χ4v) is 2.61. The number of benzene rings is 2. The van der Waals surface area contributed by atoms with Gasteiger partial charge in [-0.2, -0.15) is 0 Å². The Labute approximate surface area is 115 Å². The van der Waals surface area contributed by atoms with Crippen LogP contribution in [0.2, 0.25) is 0 Å². The van der Waals surface area contributed by atoms with E-state index in [4.69, 9.17) is 10.0 Å². The Bertz CT molecular complexity index is 686. The molecule has 0 unspecified atom stereocenters. The highest BCUT2D eigenvalue weighted by Gasteiger charge is 2.16. The molecular weight excluding hydrogens is 284 g/mol. The highest BCUT2D eigenvalue weighted by Crippen LogP contribution is 2.15. The van der Waals surface area contributed by atoms with Crippen molar-refractivity contribution in [1.82, 2.24) is 0 Å². The molecule has 0 aliphatic carbocycles. The van der Waals surface area contributed by atoms with Crippen LogP contribution in [0.5, 0.6) is 0 Å². The van der Waals surface area contributed by atoms with E-state index in [2.05, 4.69) is 4.72 Å². The topological polar surface area (TPSA) is 86.6 Å². The van der Waals surface area contributed by atoms with Crippen molar-refractivity contribution in [2.75, 3.05) is 4.72 Å². The van der Waals surface area contributed by atoms with Gasteiger partial charge < -0.3 is 10.0 Å². The van der Waals surface area contributed by atoms with Crippen LogP contribution in [0.25, 0.3) is 0 Å². The largest absolute Gasteiger partial charge is 0.488 e. The molecule has 0 heterocycles. The van der Waals surface area contributed by atoms with Crippen molar-refractivity contribution < 1.29 is 22.9 Å². The van der Waals surface area contributed by atoms with Gasteiger partial charge in [-0.15, -0.1) is 0 Å². The van der Waals surface area contributed by atoms with E-state index in [1.165, 1.54) is 36.4 Å². The van der Waals surface area contributed by atoms with Gasteiger partial charge >= 0.3 is 7.12 Å². The molecule has 20 heavy (non-hydrogen) atoms. The summed E-state index contributed by atoms with van der Waals surface area (Å²) in [5.74, 6) is -0.464. The Morgan fingerprint density at radius 1 is 0.950 bits per heavy atom. The highest BCUT2D eigenvalue weighted by molar-refractivity contribution is 7.92. The monoisotopic (exact) mass is 295 g/mol. The summed E-state index contributed by atoms with van der Waals surface area (Å²) in [5, 5.41) is 17.9. The lowest BCUT2D eigenvalue weighted by Crippen LogP contribution is -2.29. The summed E-state index contributed by atoms with van der Waals surface area (Å²) in [6.45, 7) is 0. The minimum atomic E-state index is -3.80. The van der Waals surface area contributed by atoms with E-state index in [1.54, 1.807) is 0 Å². The molecule has 8 heteroatoms. The quantitative estimate of drug-likeness (QED) is 0.708. The second-order valence-corrected chi connectivity index (χ2v) is 5.74. The lowest BCUT2D eigenvalue weighted by atomic mass is 9.81. The van der Waals surface area contributed by atoms with E-state index in [0.29, 0.717) is 0 Å². The molecule has 2 aromatic carbocycles. The van der Waals surface area contributed by atoms with E-state index in [1.807, 2.05) is 0 Å². The second kappa shape index (κ2) is 5.62. The maximum atomic E-state index is 12.7. The van der Waals surface area contributed by atoms with Crippen molar-refractivity contribution in [3.63, 3.8) is 0 Å². The highest BCUT2D eigenvalue weighted by atomic mass is 32.2. The van der Waals surface area contributed by atoms with Gasteiger partial charge in [-0.05, 0) is 41.9 Å². The molecule has 2 rings (SSSR count). The molecule has 0 radical (unpaired) electrons.